The third kappa shape index (κ3) is 2.46. The summed E-state index contributed by atoms with van der Waals surface area (Å²) in [6.07, 6.45) is 1.34. The summed E-state index contributed by atoms with van der Waals surface area (Å²) in [4.78, 5) is 3.84. The Kier molecular flexibility index (Phi) is 3.81. The molecule has 0 amide bonds. The molecule has 2 rings (SSSR count). The van der Waals surface area contributed by atoms with Crippen LogP contribution in [0.1, 0.15) is 0 Å². The quantitative estimate of drug-likeness (QED) is 0.735. The van der Waals surface area contributed by atoms with E-state index in [0.717, 1.165) is 0 Å². The van der Waals surface area contributed by atoms with Crippen molar-refractivity contribution in [1.82, 2.24) is 9.29 Å². The first-order valence-electron chi connectivity index (χ1n) is 5.47. The molecule has 1 atom stereocenters. The van der Waals surface area contributed by atoms with E-state index >= 15 is 0 Å². The number of ether oxygens (including phenoxy) is 1. The van der Waals surface area contributed by atoms with Crippen LogP contribution in [0.25, 0.3) is 0 Å². The van der Waals surface area contributed by atoms with Crippen molar-refractivity contribution in [2.75, 3.05) is 32.1 Å². The summed E-state index contributed by atoms with van der Waals surface area (Å²) in [6, 6.07) is 2.13. The Morgan fingerprint density at radius 3 is 3.06 bits per heavy atom. The molecule has 18 heavy (non-hydrogen) atoms. The van der Waals surface area contributed by atoms with Gasteiger partial charge in [0, 0.05) is 18.8 Å². The summed E-state index contributed by atoms with van der Waals surface area (Å²) in [7, 11) is -3.67. The van der Waals surface area contributed by atoms with Gasteiger partial charge in [0.15, 0.2) is 0 Å². The first kappa shape index (κ1) is 13.2. The summed E-state index contributed by atoms with van der Waals surface area (Å²) in [5.74, 6) is 0.143. The Hall–Kier alpha value is -1.22. The summed E-state index contributed by atoms with van der Waals surface area (Å²) < 4.78 is 31.2. The molecule has 0 aromatic carbocycles. The van der Waals surface area contributed by atoms with Crippen molar-refractivity contribution in [3.63, 3.8) is 0 Å². The number of hydrogen-bond acceptors (Lipinski definition) is 6. The summed E-state index contributed by atoms with van der Waals surface area (Å²) in [5, 5.41) is 9.20. The largest absolute Gasteiger partial charge is 0.395 e. The fraction of sp³-hybridized carbons (Fsp3) is 0.500. The summed E-state index contributed by atoms with van der Waals surface area (Å²) >= 11 is 0. The van der Waals surface area contributed by atoms with E-state index in [1.54, 1.807) is 0 Å². The average Bonchev–Trinajstić information content (AvgIpc) is 2.38. The predicted octanol–water partition coefficient (Wildman–Crippen LogP) is -0.954. The van der Waals surface area contributed by atoms with Gasteiger partial charge in [0.25, 0.3) is 0 Å². The van der Waals surface area contributed by atoms with E-state index in [2.05, 4.69) is 4.98 Å². The number of aromatic nitrogens is 1. The Bertz CT molecular complexity index is 520. The summed E-state index contributed by atoms with van der Waals surface area (Å²) in [6.45, 7) is 0.447. The van der Waals surface area contributed by atoms with Gasteiger partial charge in [-0.15, -0.1) is 0 Å². The molecule has 2 heterocycles. The minimum Gasteiger partial charge on any atom is -0.395 e. The molecule has 1 saturated heterocycles. The first-order valence-corrected chi connectivity index (χ1v) is 6.91. The van der Waals surface area contributed by atoms with Crippen LogP contribution in [0.2, 0.25) is 0 Å². The van der Waals surface area contributed by atoms with Crippen molar-refractivity contribution in [2.24, 2.45) is 0 Å². The standard InChI is InChI=1S/C10H15N3O4S/c11-10-5-9(1-2-12-10)18(15,16)13-3-4-17-7-8(13)6-14/h1-2,5,8,14H,3-4,6-7H2,(H2,11,12). The molecule has 0 bridgehead atoms. The van der Waals surface area contributed by atoms with Crippen molar-refractivity contribution in [1.29, 1.82) is 0 Å². The van der Waals surface area contributed by atoms with E-state index in [1.807, 2.05) is 0 Å². The van der Waals surface area contributed by atoms with Gasteiger partial charge in [-0.05, 0) is 6.07 Å². The lowest BCUT2D eigenvalue weighted by atomic mass is 10.3. The van der Waals surface area contributed by atoms with Crippen LogP contribution >= 0.6 is 0 Å². The van der Waals surface area contributed by atoms with Crippen LogP contribution in [0.5, 0.6) is 0 Å². The molecular formula is C10H15N3O4S. The van der Waals surface area contributed by atoms with Gasteiger partial charge < -0.3 is 15.6 Å². The SMILES string of the molecule is Nc1cc(S(=O)(=O)N2CCOCC2CO)ccn1. The maximum Gasteiger partial charge on any atom is 0.243 e. The van der Waals surface area contributed by atoms with Crippen molar-refractivity contribution >= 4 is 15.8 Å². The number of pyridine rings is 1. The number of nitrogens with zero attached hydrogens (tertiary/aromatic N) is 2. The molecule has 0 spiro atoms. The molecule has 1 fully saturated rings. The zero-order valence-corrected chi connectivity index (χ0v) is 10.5. The van der Waals surface area contributed by atoms with E-state index in [9.17, 15) is 13.5 Å². The highest BCUT2D eigenvalue weighted by atomic mass is 32.2. The molecule has 0 radical (unpaired) electrons. The fourth-order valence-electron chi connectivity index (χ4n) is 1.82. The van der Waals surface area contributed by atoms with Gasteiger partial charge >= 0.3 is 0 Å². The summed E-state index contributed by atoms with van der Waals surface area (Å²) in [5.41, 5.74) is 5.48. The van der Waals surface area contributed by atoms with Crippen LogP contribution in [0.15, 0.2) is 23.2 Å². The maximum absolute atomic E-state index is 12.4. The lowest BCUT2D eigenvalue weighted by Gasteiger charge is -2.33. The molecule has 8 heteroatoms. The molecular weight excluding hydrogens is 258 g/mol. The lowest BCUT2D eigenvalue weighted by Crippen LogP contribution is -2.50. The van der Waals surface area contributed by atoms with Crippen LogP contribution in [0, 0.1) is 0 Å². The number of rotatable bonds is 3. The van der Waals surface area contributed by atoms with Crippen LogP contribution in [-0.4, -0.2) is 55.2 Å². The topological polar surface area (TPSA) is 106 Å². The number of morpholine rings is 1. The van der Waals surface area contributed by atoms with Gasteiger partial charge in [0.05, 0.1) is 30.8 Å². The van der Waals surface area contributed by atoms with Gasteiger partial charge in [0.2, 0.25) is 10.0 Å². The molecule has 7 nitrogen and oxygen atoms in total. The monoisotopic (exact) mass is 273 g/mol. The van der Waals surface area contributed by atoms with E-state index in [0.29, 0.717) is 6.61 Å². The minimum atomic E-state index is -3.67. The normalized spacial score (nSPS) is 21.9. The van der Waals surface area contributed by atoms with Crippen LogP contribution < -0.4 is 5.73 Å². The van der Waals surface area contributed by atoms with Crippen LogP contribution in [0.4, 0.5) is 5.82 Å². The number of aliphatic hydroxyl groups excluding tert-OH is 1. The Labute approximate surface area is 105 Å². The highest BCUT2D eigenvalue weighted by Gasteiger charge is 2.33. The van der Waals surface area contributed by atoms with E-state index in [4.69, 9.17) is 10.5 Å². The van der Waals surface area contributed by atoms with E-state index in [-0.39, 0.29) is 30.5 Å². The Morgan fingerprint density at radius 2 is 2.39 bits per heavy atom. The number of anilines is 1. The van der Waals surface area contributed by atoms with Crippen LogP contribution in [0.3, 0.4) is 0 Å². The number of nitrogens with two attached hydrogens (primary N) is 1. The number of nitrogen functional groups attached to an aromatic ring is 1. The Morgan fingerprint density at radius 1 is 1.61 bits per heavy atom. The average molecular weight is 273 g/mol. The van der Waals surface area contributed by atoms with Crippen LogP contribution in [-0.2, 0) is 14.8 Å². The van der Waals surface area contributed by atoms with E-state index < -0.39 is 16.1 Å². The molecule has 0 saturated carbocycles. The van der Waals surface area contributed by atoms with Gasteiger partial charge in [-0.2, -0.15) is 4.31 Å². The highest BCUT2D eigenvalue weighted by Crippen LogP contribution is 2.21. The van der Waals surface area contributed by atoms with Gasteiger partial charge in [0.1, 0.15) is 5.82 Å². The molecule has 100 valence electrons. The smallest absolute Gasteiger partial charge is 0.243 e. The molecule has 1 aliphatic rings. The van der Waals surface area contributed by atoms with Crippen molar-refractivity contribution in [3.05, 3.63) is 18.3 Å². The number of sulfonamides is 1. The zero-order chi connectivity index (χ0) is 13.2. The second-order valence-corrected chi connectivity index (χ2v) is 5.83. The third-order valence-electron chi connectivity index (χ3n) is 2.74. The molecule has 1 aromatic rings. The van der Waals surface area contributed by atoms with Crippen molar-refractivity contribution < 1.29 is 18.3 Å². The number of aliphatic hydroxyl groups is 1. The van der Waals surface area contributed by atoms with Crippen molar-refractivity contribution in [3.8, 4) is 0 Å². The third-order valence-corrected chi connectivity index (χ3v) is 4.69. The Balaban J connectivity index is 2.35. The predicted molar refractivity (Wildman–Crippen MR) is 64.2 cm³/mol. The van der Waals surface area contributed by atoms with E-state index in [1.165, 1.54) is 22.6 Å². The molecule has 0 aliphatic carbocycles. The molecule has 3 N–H and O–H groups in total. The second kappa shape index (κ2) is 5.19. The highest BCUT2D eigenvalue weighted by molar-refractivity contribution is 7.89. The molecule has 1 unspecified atom stereocenters. The minimum absolute atomic E-state index is 0.0790. The first-order chi connectivity index (χ1) is 8.55. The van der Waals surface area contributed by atoms with Gasteiger partial charge in [-0.1, -0.05) is 0 Å². The fourth-order valence-corrected chi connectivity index (χ4v) is 3.43. The maximum atomic E-state index is 12.4. The van der Waals surface area contributed by atoms with Crippen molar-refractivity contribution in [2.45, 2.75) is 10.9 Å². The zero-order valence-electron chi connectivity index (χ0n) is 9.69. The second-order valence-electron chi connectivity index (χ2n) is 3.94. The lowest BCUT2D eigenvalue weighted by molar-refractivity contribution is 0.0109. The van der Waals surface area contributed by atoms with Gasteiger partial charge in [-0.25, -0.2) is 13.4 Å². The number of hydrogen-bond donors (Lipinski definition) is 2. The molecule has 1 aliphatic heterocycles. The van der Waals surface area contributed by atoms with Gasteiger partial charge in [-0.3, -0.25) is 0 Å². The molecule has 1 aromatic heterocycles.